The smallest absolute Gasteiger partial charge is 0.236 e. The second kappa shape index (κ2) is 8.61. The number of phenols is 1. The summed E-state index contributed by atoms with van der Waals surface area (Å²) in [7, 11) is 2.84. The molecule has 1 heterocycles. The number of rotatable bonds is 6. The number of Topliss-reactive ketones (excluding diaryl/α,β-unsaturated/α-hetero) is 1. The molecule has 0 radical (unpaired) electrons. The van der Waals surface area contributed by atoms with Gasteiger partial charge in [-0.05, 0) is 24.1 Å². The van der Waals surface area contributed by atoms with Crippen molar-refractivity contribution in [2.45, 2.75) is 25.0 Å². The van der Waals surface area contributed by atoms with E-state index in [1.54, 1.807) is 19.1 Å². The maximum absolute atomic E-state index is 13.5. The number of ketones is 2. The average molecular weight is 474 g/mol. The van der Waals surface area contributed by atoms with Gasteiger partial charge in [0.2, 0.25) is 17.2 Å². The lowest BCUT2D eigenvalue weighted by atomic mass is 9.74. The maximum Gasteiger partial charge on any atom is 0.236 e. The van der Waals surface area contributed by atoms with Crippen LogP contribution in [0.3, 0.4) is 0 Å². The predicted octanol–water partition coefficient (Wildman–Crippen LogP) is 3.19. The second-order valence-electron chi connectivity index (χ2n) is 8.09. The third kappa shape index (κ3) is 3.69. The van der Waals surface area contributed by atoms with Gasteiger partial charge in [0.05, 0.1) is 20.3 Å². The standard InChI is InChI=1S/C24H24ClNO7/c1-12-8-14(26-11-16(28)13-4-6-15(27)7-5-13)9-19(29)24(12)23(30)20-17(31-2)10-18(32-3)21(25)22(20)33-24/h4-7,9-10,12,16,26-28H,8,11H2,1-3H3/t12-,16?,24+/m1/s1. The van der Waals surface area contributed by atoms with Crippen molar-refractivity contribution in [3.8, 4) is 23.0 Å². The molecule has 2 aromatic rings. The normalized spacial score (nSPS) is 22.5. The van der Waals surface area contributed by atoms with Crippen molar-refractivity contribution in [1.82, 2.24) is 5.32 Å². The van der Waals surface area contributed by atoms with E-state index in [1.165, 1.54) is 38.5 Å². The van der Waals surface area contributed by atoms with E-state index in [1.807, 2.05) is 0 Å². The molecule has 0 saturated heterocycles. The van der Waals surface area contributed by atoms with Crippen LogP contribution in [0.5, 0.6) is 23.0 Å². The number of carbonyl (C=O) groups excluding carboxylic acids is 2. The SMILES string of the molecule is COc1cc(OC)c2c(c1Cl)O[C@@]1(C(=O)C=C(NCC(O)c3ccc(O)cc3)C[C@H]1C)C2=O. The minimum Gasteiger partial charge on any atom is -0.508 e. The molecule has 33 heavy (non-hydrogen) atoms. The second-order valence-corrected chi connectivity index (χ2v) is 8.47. The monoisotopic (exact) mass is 473 g/mol. The van der Waals surface area contributed by atoms with E-state index >= 15 is 0 Å². The van der Waals surface area contributed by atoms with Gasteiger partial charge in [-0.1, -0.05) is 30.7 Å². The van der Waals surface area contributed by atoms with Crippen LogP contribution in [0.2, 0.25) is 5.02 Å². The number of allylic oxidation sites excluding steroid dienone is 1. The number of methoxy groups -OCH3 is 2. The fraction of sp³-hybridized carbons (Fsp3) is 0.333. The van der Waals surface area contributed by atoms with Gasteiger partial charge in [-0.2, -0.15) is 0 Å². The number of nitrogens with one attached hydrogen (secondary N) is 1. The van der Waals surface area contributed by atoms with E-state index < -0.39 is 29.2 Å². The highest BCUT2D eigenvalue weighted by Crippen LogP contribution is 2.52. The minimum atomic E-state index is -1.74. The molecule has 3 atom stereocenters. The largest absolute Gasteiger partial charge is 0.508 e. The highest BCUT2D eigenvalue weighted by molar-refractivity contribution is 6.36. The first kappa shape index (κ1) is 22.9. The van der Waals surface area contributed by atoms with Crippen molar-refractivity contribution in [1.29, 1.82) is 0 Å². The summed E-state index contributed by atoms with van der Waals surface area (Å²) in [5.41, 5.74) is -0.421. The van der Waals surface area contributed by atoms with Gasteiger partial charge in [-0.3, -0.25) is 9.59 Å². The number of aromatic hydroxyl groups is 1. The number of halogens is 1. The average Bonchev–Trinajstić information content (AvgIpc) is 3.12. The van der Waals surface area contributed by atoms with Gasteiger partial charge >= 0.3 is 0 Å². The molecule has 1 aliphatic heterocycles. The van der Waals surface area contributed by atoms with Gasteiger partial charge in [-0.15, -0.1) is 0 Å². The minimum absolute atomic E-state index is 0.0747. The quantitative estimate of drug-likeness (QED) is 0.548. The number of hydrogen-bond acceptors (Lipinski definition) is 8. The third-order valence-corrected chi connectivity index (χ3v) is 6.47. The molecule has 0 bridgehead atoms. The van der Waals surface area contributed by atoms with Crippen LogP contribution in [-0.4, -0.2) is 48.1 Å². The zero-order chi connectivity index (χ0) is 23.9. The van der Waals surface area contributed by atoms with Crippen molar-refractivity contribution >= 4 is 23.2 Å². The van der Waals surface area contributed by atoms with Crippen LogP contribution in [0.25, 0.3) is 0 Å². The topological polar surface area (TPSA) is 114 Å². The van der Waals surface area contributed by atoms with Gasteiger partial charge in [0, 0.05) is 30.3 Å². The summed E-state index contributed by atoms with van der Waals surface area (Å²) in [5.74, 6) is -0.861. The number of benzene rings is 2. The number of aliphatic hydroxyl groups is 1. The van der Waals surface area contributed by atoms with E-state index in [2.05, 4.69) is 5.32 Å². The third-order valence-electron chi connectivity index (χ3n) is 6.11. The lowest BCUT2D eigenvalue weighted by Crippen LogP contribution is -2.55. The molecular weight excluding hydrogens is 450 g/mol. The number of phenolic OH excluding ortho intramolecular Hbond substituents is 1. The fourth-order valence-corrected chi connectivity index (χ4v) is 4.56. The van der Waals surface area contributed by atoms with E-state index in [-0.39, 0.29) is 40.1 Å². The number of carbonyl (C=O) groups is 2. The Labute approximate surface area is 195 Å². The lowest BCUT2D eigenvalue weighted by molar-refractivity contribution is -0.129. The van der Waals surface area contributed by atoms with Crippen molar-refractivity contribution in [2.24, 2.45) is 5.92 Å². The molecule has 1 unspecified atom stereocenters. The van der Waals surface area contributed by atoms with E-state index in [4.69, 9.17) is 25.8 Å². The van der Waals surface area contributed by atoms with Crippen LogP contribution < -0.4 is 19.5 Å². The fourth-order valence-electron chi connectivity index (χ4n) is 4.29. The molecule has 2 aliphatic rings. The Bertz CT molecular complexity index is 1140. The Morgan fingerprint density at radius 3 is 2.48 bits per heavy atom. The zero-order valence-corrected chi connectivity index (χ0v) is 19.1. The summed E-state index contributed by atoms with van der Waals surface area (Å²) in [6.07, 6.45) is 0.826. The van der Waals surface area contributed by atoms with Crippen LogP contribution in [0.1, 0.15) is 35.4 Å². The molecule has 3 N–H and O–H groups in total. The maximum atomic E-state index is 13.5. The lowest BCUT2D eigenvalue weighted by Gasteiger charge is -2.35. The molecule has 1 spiro atoms. The first-order valence-electron chi connectivity index (χ1n) is 10.4. The van der Waals surface area contributed by atoms with Gasteiger partial charge < -0.3 is 29.7 Å². The molecule has 8 nitrogen and oxygen atoms in total. The summed E-state index contributed by atoms with van der Waals surface area (Å²) in [4.78, 5) is 26.7. The summed E-state index contributed by atoms with van der Waals surface area (Å²) in [6.45, 7) is 1.90. The Morgan fingerprint density at radius 2 is 1.88 bits per heavy atom. The molecule has 174 valence electrons. The van der Waals surface area contributed by atoms with Crippen molar-refractivity contribution in [3.63, 3.8) is 0 Å². The van der Waals surface area contributed by atoms with Gasteiger partial charge in [-0.25, -0.2) is 0 Å². The first-order chi connectivity index (χ1) is 15.7. The van der Waals surface area contributed by atoms with E-state index in [9.17, 15) is 19.8 Å². The van der Waals surface area contributed by atoms with Crippen molar-refractivity contribution in [2.75, 3.05) is 20.8 Å². The number of ether oxygens (including phenoxy) is 3. The molecule has 0 saturated carbocycles. The van der Waals surface area contributed by atoms with Crippen LogP contribution in [0, 0.1) is 5.92 Å². The van der Waals surface area contributed by atoms with Gasteiger partial charge in [0.1, 0.15) is 27.8 Å². The Balaban J connectivity index is 1.58. The molecule has 0 amide bonds. The van der Waals surface area contributed by atoms with Crippen LogP contribution in [0.4, 0.5) is 0 Å². The van der Waals surface area contributed by atoms with Crippen LogP contribution >= 0.6 is 11.6 Å². The molecular formula is C24H24ClNO7. The Hall–Kier alpha value is -3.23. The molecule has 2 aromatic carbocycles. The Morgan fingerprint density at radius 1 is 1.21 bits per heavy atom. The highest BCUT2D eigenvalue weighted by Gasteiger charge is 2.60. The molecule has 0 aromatic heterocycles. The number of aliphatic hydroxyl groups excluding tert-OH is 1. The summed E-state index contributed by atoms with van der Waals surface area (Å²) in [6, 6.07) is 7.71. The highest BCUT2D eigenvalue weighted by atomic mass is 35.5. The van der Waals surface area contributed by atoms with E-state index in [0.29, 0.717) is 17.7 Å². The van der Waals surface area contributed by atoms with Crippen molar-refractivity contribution in [3.05, 3.63) is 58.3 Å². The number of hydrogen-bond donors (Lipinski definition) is 3. The van der Waals surface area contributed by atoms with Crippen LogP contribution in [0.15, 0.2) is 42.1 Å². The van der Waals surface area contributed by atoms with E-state index in [0.717, 1.165) is 0 Å². The number of fused-ring (bicyclic) bond motifs is 1. The molecule has 1 aliphatic carbocycles. The van der Waals surface area contributed by atoms with Crippen LogP contribution in [-0.2, 0) is 4.79 Å². The summed E-state index contributed by atoms with van der Waals surface area (Å²) < 4.78 is 16.6. The Kier molecular flexibility index (Phi) is 5.99. The molecule has 4 rings (SSSR count). The van der Waals surface area contributed by atoms with Gasteiger partial charge in [0.15, 0.2) is 5.75 Å². The molecule has 0 fully saturated rings. The van der Waals surface area contributed by atoms with Gasteiger partial charge in [0.25, 0.3) is 0 Å². The summed E-state index contributed by atoms with van der Waals surface area (Å²) >= 11 is 6.39. The van der Waals surface area contributed by atoms with Crippen molar-refractivity contribution < 1.29 is 34.0 Å². The summed E-state index contributed by atoms with van der Waals surface area (Å²) in [5, 5.41) is 23.0. The molecule has 9 heteroatoms. The zero-order valence-electron chi connectivity index (χ0n) is 18.3. The first-order valence-corrected chi connectivity index (χ1v) is 10.7. The predicted molar refractivity (Wildman–Crippen MR) is 120 cm³/mol.